The van der Waals surface area contributed by atoms with Crippen LogP contribution in [0.3, 0.4) is 0 Å². The number of piperidine rings is 3. The summed E-state index contributed by atoms with van der Waals surface area (Å²) in [6.45, 7) is 13.3. The number of hydrogen-bond donors (Lipinski definition) is 7. The van der Waals surface area contributed by atoms with Crippen LogP contribution in [0.25, 0.3) is 0 Å². The minimum Gasteiger partial charge on any atom is -0.481 e. The maximum atomic E-state index is 13.7. The van der Waals surface area contributed by atoms with Gasteiger partial charge in [-0.15, -0.1) is 0 Å². The molecule has 0 bridgehead atoms. The van der Waals surface area contributed by atoms with E-state index in [2.05, 4.69) is 26.6 Å². The number of nitrogens with zero attached hydrogens (tertiary/aromatic N) is 3. The Balaban J connectivity index is 0.000000217. The molecule has 3 unspecified atom stereocenters. The lowest BCUT2D eigenvalue weighted by Gasteiger charge is -2.27. The van der Waals surface area contributed by atoms with Gasteiger partial charge in [0.05, 0.1) is 33.4 Å². The second kappa shape index (κ2) is 36.8. The molecule has 0 aromatic heterocycles. The molecule has 3 aromatic carbocycles. The molecule has 6 aliphatic heterocycles. The SMILES string of the molecule is CC(C)(C)OC(=O)CCCCCCCN.CC(C)(C)OC(=O)CCCCCCCNc1cccc2c1C(=O)N(C1CCC(=O)NC1=O)C2=O.O=C(O)CCCCCCCNc1cccc2c1C(=O)N(C1CCC(=O)NC1=O)C2=O.O=C1CCC(N2C(=O)c3cccc(F)c3C2=O)C(=O)N1. The molecule has 3 saturated heterocycles. The largest absolute Gasteiger partial charge is 0.481 e. The molecule has 6 heterocycles. The number of carboxylic acid groups (broad SMARTS) is 1. The van der Waals surface area contributed by atoms with Gasteiger partial charge in [0.2, 0.25) is 35.4 Å². The summed E-state index contributed by atoms with van der Waals surface area (Å²) in [6, 6.07) is 10.7. The smallest absolute Gasteiger partial charge is 0.306 e. The Kier molecular flexibility index (Phi) is 29.2. The van der Waals surface area contributed by atoms with Crippen LogP contribution < -0.4 is 32.3 Å². The van der Waals surface area contributed by atoms with Crippen LogP contribution in [0.1, 0.15) is 258 Å². The first-order valence-electron chi connectivity index (χ1n) is 34.0. The number of nitrogens with two attached hydrogens (primary N) is 1. The molecule has 3 fully saturated rings. The van der Waals surface area contributed by atoms with E-state index in [0.717, 1.165) is 104 Å². The Labute approximate surface area is 574 Å². The monoisotopic (exact) mass is 1380 g/mol. The van der Waals surface area contributed by atoms with Crippen molar-refractivity contribution in [3.63, 3.8) is 0 Å². The highest BCUT2D eigenvalue weighted by molar-refractivity contribution is 6.27. The number of esters is 2. The highest BCUT2D eigenvalue weighted by Gasteiger charge is 2.48. The number of halogens is 1. The number of carboxylic acids is 1. The van der Waals surface area contributed by atoms with Gasteiger partial charge in [-0.25, -0.2) is 4.39 Å². The predicted molar refractivity (Wildman–Crippen MR) is 358 cm³/mol. The van der Waals surface area contributed by atoms with E-state index in [-0.39, 0.29) is 95.9 Å². The number of amides is 12. The molecule has 3 aromatic rings. The van der Waals surface area contributed by atoms with Crippen molar-refractivity contribution in [2.24, 2.45) is 5.73 Å². The number of imide groups is 6. The molecular weight excluding hydrogens is 1290 g/mol. The first kappa shape index (κ1) is 78.4. The molecule has 9 rings (SSSR count). The maximum Gasteiger partial charge on any atom is 0.306 e. The lowest BCUT2D eigenvalue weighted by molar-refractivity contribution is -0.156. The van der Waals surface area contributed by atoms with E-state index in [4.69, 9.17) is 20.3 Å². The maximum absolute atomic E-state index is 13.7. The van der Waals surface area contributed by atoms with Crippen molar-refractivity contribution in [1.29, 1.82) is 0 Å². The Morgan fingerprint density at radius 1 is 0.455 bits per heavy atom. The molecule has 6 aliphatic rings. The summed E-state index contributed by atoms with van der Waals surface area (Å²) in [6.07, 6.45) is 15.9. The molecule has 27 nitrogen and oxygen atoms in total. The number of carbonyl (C=O) groups excluding carboxylic acids is 14. The van der Waals surface area contributed by atoms with Gasteiger partial charge in [0, 0.05) is 63.0 Å². The van der Waals surface area contributed by atoms with Crippen molar-refractivity contribution in [2.45, 2.75) is 225 Å². The van der Waals surface area contributed by atoms with Gasteiger partial charge in [-0.2, -0.15) is 0 Å². The van der Waals surface area contributed by atoms with Crippen molar-refractivity contribution >= 4 is 100 Å². The number of aliphatic carboxylic acids is 1. The summed E-state index contributed by atoms with van der Waals surface area (Å²) in [5.74, 6) is -8.65. The van der Waals surface area contributed by atoms with E-state index in [1.54, 1.807) is 36.4 Å². The molecule has 536 valence electrons. The number of ether oxygens (including phenoxy) is 2. The summed E-state index contributed by atoms with van der Waals surface area (Å²) in [7, 11) is 0. The molecule has 8 N–H and O–H groups in total. The third-order valence-electron chi connectivity index (χ3n) is 16.5. The number of fused-ring (bicyclic) bond motifs is 3. The van der Waals surface area contributed by atoms with Crippen molar-refractivity contribution in [1.82, 2.24) is 30.7 Å². The third-order valence-corrected chi connectivity index (χ3v) is 16.5. The molecule has 3 atom stereocenters. The molecule has 28 heteroatoms. The van der Waals surface area contributed by atoms with Gasteiger partial charge in [-0.1, -0.05) is 76.0 Å². The summed E-state index contributed by atoms with van der Waals surface area (Å²) in [5, 5.41) is 21.5. The number of unbranched alkanes of at least 4 members (excludes halogenated alkanes) is 12. The lowest BCUT2D eigenvalue weighted by atomic mass is 10.0. The molecular formula is C71H92FN9O18. The van der Waals surface area contributed by atoms with Crippen molar-refractivity contribution in [3.8, 4) is 0 Å². The van der Waals surface area contributed by atoms with Gasteiger partial charge in [0.15, 0.2) is 0 Å². The second-order valence-electron chi connectivity index (χ2n) is 26.7. The predicted octanol–water partition coefficient (Wildman–Crippen LogP) is 7.96. The van der Waals surface area contributed by atoms with Crippen LogP contribution in [0, 0.1) is 5.82 Å². The van der Waals surface area contributed by atoms with Crippen LogP contribution in [0.5, 0.6) is 0 Å². The minimum atomic E-state index is -1.07. The Morgan fingerprint density at radius 3 is 1.10 bits per heavy atom. The normalized spacial score (nSPS) is 18.0. The van der Waals surface area contributed by atoms with E-state index in [1.807, 2.05) is 41.5 Å². The molecule has 0 saturated carbocycles. The zero-order chi connectivity index (χ0) is 72.7. The summed E-state index contributed by atoms with van der Waals surface area (Å²) >= 11 is 0. The molecule has 0 aliphatic carbocycles. The van der Waals surface area contributed by atoms with Gasteiger partial charge >= 0.3 is 17.9 Å². The number of benzene rings is 3. The van der Waals surface area contributed by atoms with Gasteiger partial charge < -0.3 is 30.9 Å². The lowest BCUT2D eigenvalue weighted by Crippen LogP contribution is -2.54. The van der Waals surface area contributed by atoms with Crippen LogP contribution in [0.15, 0.2) is 54.6 Å². The zero-order valence-electron chi connectivity index (χ0n) is 57.2. The van der Waals surface area contributed by atoms with Gasteiger partial charge in [-0.3, -0.25) is 103 Å². The van der Waals surface area contributed by atoms with Gasteiger partial charge in [0.25, 0.3) is 35.4 Å². The van der Waals surface area contributed by atoms with E-state index >= 15 is 0 Å². The fourth-order valence-corrected chi connectivity index (χ4v) is 11.8. The highest BCUT2D eigenvalue weighted by Crippen LogP contribution is 2.35. The highest BCUT2D eigenvalue weighted by atomic mass is 19.1. The Hall–Kier alpha value is -9.60. The number of carbonyl (C=O) groups is 15. The number of anilines is 2. The van der Waals surface area contributed by atoms with Crippen LogP contribution in [0.4, 0.5) is 15.8 Å². The topological polar surface area (TPSA) is 391 Å². The molecule has 12 amide bonds. The van der Waals surface area contributed by atoms with E-state index in [1.165, 1.54) is 25.0 Å². The second-order valence-corrected chi connectivity index (χ2v) is 26.7. The quantitative estimate of drug-likeness (QED) is 0.0206. The fourth-order valence-electron chi connectivity index (χ4n) is 11.8. The van der Waals surface area contributed by atoms with E-state index < -0.39 is 106 Å². The first-order chi connectivity index (χ1) is 46.9. The number of nitrogens with one attached hydrogen (secondary N) is 5. The van der Waals surface area contributed by atoms with Crippen molar-refractivity contribution in [3.05, 3.63) is 93.8 Å². The van der Waals surface area contributed by atoms with Crippen molar-refractivity contribution in [2.75, 3.05) is 30.3 Å². The Morgan fingerprint density at radius 2 is 0.768 bits per heavy atom. The number of hydrogen-bond acceptors (Lipinski definition) is 20. The van der Waals surface area contributed by atoms with E-state index in [0.29, 0.717) is 43.7 Å². The fraction of sp³-hybridized carbons (Fsp3) is 0.535. The van der Waals surface area contributed by atoms with Crippen LogP contribution in [-0.4, -0.2) is 158 Å². The first-order valence-corrected chi connectivity index (χ1v) is 34.0. The third kappa shape index (κ3) is 22.5. The minimum absolute atomic E-state index is 0.0340. The standard InChI is InChI=1S/C25H33N3O6.C21H25N3O6.C13H9FN2O4.C12H25NO2/c1-25(2,3)34-20(30)12-7-5-4-6-8-15-26-17-11-9-10-16-21(17)24(33)28(23(16)32)18-13-14-19(29)27-22(18)31;25-16-11-10-15(19(28)23-16)24-20(29)13-7-6-8-14(18(13)21(24)30)22-12-5-3-1-2-4-9-17(26)27;14-7-3-1-2-6-10(7)13(20)16(12(6)19)8-4-5-9(17)15-11(8)18;1-12(2,3)15-11(14)9-7-5-4-6-8-10-13/h9-11,18,26H,4-8,12-15H2,1-3H3,(H,27,29,31);6-8,15,22H,1-5,9-12H2,(H,26,27)(H,23,25,28);1-3,8H,4-5H2,(H,15,17,18);4-10,13H2,1-3H3. The molecule has 0 radical (unpaired) electrons. The van der Waals surface area contributed by atoms with E-state index in [9.17, 15) is 76.3 Å². The van der Waals surface area contributed by atoms with Crippen LogP contribution >= 0.6 is 0 Å². The summed E-state index contributed by atoms with van der Waals surface area (Å²) in [5.41, 5.74) is 6.37. The average Bonchev–Trinajstić information content (AvgIpc) is 1.62. The molecule has 99 heavy (non-hydrogen) atoms. The summed E-state index contributed by atoms with van der Waals surface area (Å²) in [4.78, 5) is 182. The average molecular weight is 1380 g/mol. The van der Waals surface area contributed by atoms with Crippen molar-refractivity contribution < 1.29 is 90.9 Å². The zero-order valence-corrected chi connectivity index (χ0v) is 57.2. The van der Waals surface area contributed by atoms with Crippen LogP contribution in [0.2, 0.25) is 0 Å². The Bertz CT molecular complexity index is 3560. The van der Waals surface area contributed by atoms with Gasteiger partial charge in [0.1, 0.15) is 35.1 Å². The van der Waals surface area contributed by atoms with Crippen LogP contribution in [-0.2, 0) is 52.6 Å². The summed E-state index contributed by atoms with van der Waals surface area (Å²) < 4.78 is 24.2. The number of rotatable bonds is 28. The van der Waals surface area contributed by atoms with Gasteiger partial charge in [-0.05, 0) is 142 Å². The molecule has 0 spiro atoms.